The second-order valence-electron chi connectivity index (χ2n) is 8.29. The van der Waals surface area contributed by atoms with Gasteiger partial charge in [-0.15, -0.1) is 0 Å². The minimum Gasteiger partial charge on any atom is -0.497 e. The van der Waals surface area contributed by atoms with Crippen molar-refractivity contribution in [2.75, 3.05) is 32.7 Å². The lowest BCUT2D eigenvalue weighted by Crippen LogP contribution is -2.40. The minimum atomic E-state index is -3.88. The molecule has 2 heterocycles. The molecular formula is C24H28N4O6S2. The van der Waals surface area contributed by atoms with Crippen molar-refractivity contribution in [1.82, 2.24) is 8.87 Å². The van der Waals surface area contributed by atoms with Gasteiger partial charge in [0.2, 0.25) is 15.9 Å². The van der Waals surface area contributed by atoms with Crippen molar-refractivity contribution in [3.8, 4) is 5.75 Å². The van der Waals surface area contributed by atoms with Gasteiger partial charge in [-0.05, 0) is 55.3 Å². The van der Waals surface area contributed by atoms with E-state index in [-0.39, 0.29) is 17.3 Å². The Morgan fingerprint density at radius 2 is 1.92 bits per heavy atom. The average molecular weight is 533 g/mol. The number of anilines is 1. The van der Waals surface area contributed by atoms with E-state index in [4.69, 9.17) is 9.47 Å². The van der Waals surface area contributed by atoms with Crippen molar-refractivity contribution in [3.63, 3.8) is 0 Å². The number of hydrogen-bond acceptors (Lipinski definition) is 7. The van der Waals surface area contributed by atoms with E-state index in [0.717, 1.165) is 10.2 Å². The first-order chi connectivity index (χ1) is 17.2. The normalized spacial score (nSPS) is 17.0. The Hall–Kier alpha value is -3.06. The number of nitrogens with one attached hydrogen (secondary N) is 1. The summed E-state index contributed by atoms with van der Waals surface area (Å²) in [5, 5.41) is 2.75. The fraction of sp³-hybridized carbons (Fsp3) is 0.375. The quantitative estimate of drug-likeness (QED) is 0.476. The highest BCUT2D eigenvalue weighted by Crippen LogP contribution is 2.28. The van der Waals surface area contributed by atoms with Crippen molar-refractivity contribution in [2.24, 2.45) is 4.99 Å². The van der Waals surface area contributed by atoms with Crippen LogP contribution in [0.3, 0.4) is 0 Å². The van der Waals surface area contributed by atoms with Crippen LogP contribution in [0.2, 0.25) is 0 Å². The van der Waals surface area contributed by atoms with Gasteiger partial charge in [0.25, 0.3) is 5.91 Å². The highest BCUT2D eigenvalue weighted by molar-refractivity contribution is 7.89. The predicted octanol–water partition coefficient (Wildman–Crippen LogP) is 2.60. The molecule has 2 amide bonds. The number of carbonyl (C=O) groups excluding carboxylic acids is 2. The topological polar surface area (TPSA) is 119 Å². The summed E-state index contributed by atoms with van der Waals surface area (Å²) in [6.07, 6.45) is 0.963. The molecule has 0 radical (unpaired) electrons. The van der Waals surface area contributed by atoms with Gasteiger partial charge in [-0.2, -0.15) is 9.30 Å². The summed E-state index contributed by atoms with van der Waals surface area (Å²) in [4.78, 5) is 29.7. The number of nitrogens with zero attached hydrogens (tertiary/aromatic N) is 3. The molecule has 1 unspecified atom stereocenters. The number of thiazole rings is 1. The summed E-state index contributed by atoms with van der Waals surface area (Å²) in [6.45, 7) is 2.54. The van der Waals surface area contributed by atoms with Crippen molar-refractivity contribution in [3.05, 3.63) is 47.3 Å². The van der Waals surface area contributed by atoms with E-state index in [2.05, 4.69) is 10.3 Å². The number of ether oxygens (including phenoxy) is 2. The van der Waals surface area contributed by atoms with Crippen LogP contribution in [0.4, 0.5) is 5.69 Å². The molecule has 0 saturated carbocycles. The lowest BCUT2D eigenvalue weighted by Gasteiger charge is -2.21. The SMILES string of the molecule is COCCn1c(=NC(=O)C2CCCN2S(=O)(=O)c2ccc(OC)cc2)sc2cc(NC(C)=O)ccc21. The molecule has 1 N–H and O–H groups in total. The first-order valence-electron chi connectivity index (χ1n) is 11.4. The van der Waals surface area contributed by atoms with Gasteiger partial charge >= 0.3 is 0 Å². The van der Waals surface area contributed by atoms with Crippen LogP contribution >= 0.6 is 11.3 Å². The number of aromatic nitrogens is 1. The van der Waals surface area contributed by atoms with Crippen LogP contribution in [0.1, 0.15) is 19.8 Å². The number of sulfonamides is 1. The number of amides is 2. The van der Waals surface area contributed by atoms with Gasteiger partial charge in [0.15, 0.2) is 4.80 Å². The summed E-state index contributed by atoms with van der Waals surface area (Å²) in [6, 6.07) is 10.7. The van der Waals surface area contributed by atoms with Crippen LogP contribution in [-0.4, -0.2) is 62.5 Å². The summed E-state index contributed by atoms with van der Waals surface area (Å²) in [5.41, 5.74) is 1.48. The molecule has 10 nitrogen and oxygen atoms in total. The zero-order valence-corrected chi connectivity index (χ0v) is 21.9. The van der Waals surface area contributed by atoms with Crippen LogP contribution in [0.15, 0.2) is 52.4 Å². The maximum absolute atomic E-state index is 13.3. The van der Waals surface area contributed by atoms with E-state index < -0.39 is 22.0 Å². The van der Waals surface area contributed by atoms with Crippen molar-refractivity contribution in [1.29, 1.82) is 0 Å². The third-order valence-corrected chi connectivity index (χ3v) is 8.85. The first kappa shape index (κ1) is 26.0. The highest BCUT2D eigenvalue weighted by Gasteiger charge is 2.39. The van der Waals surface area contributed by atoms with Gasteiger partial charge in [-0.25, -0.2) is 8.42 Å². The molecule has 3 aromatic rings. The predicted molar refractivity (Wildman–Crippen MR) is 136 cm³/mol. The van der Waals surface area contributed by atoms with E-state index in [1.165, 1.54) is 41.8 Å². The number of carbonyl (C=O) groups is 2. The van der Waals surface area contributed by atoms with E-state index in [0.29, 0.717) is 42.2 Å². The molecule has 12 heteroatoms. The largest absolute Gasteiger partial charge is 0.497 e. The molecule has 1 aliphatic rings. The van der Waals surface area contributed by atoms with Gasteiger partial charge in [0.1, 0.15) is 11.8 Å². The third kappa shape index (κ3) is 5.36. The fourth-order valence-electron chi connectivity index (χ4n) is 4.16. The van der Waals surface area contributed by atoms with Gasteiger partial charge < -0.3 is 19.4 Å². The highest BCUT2D eigenvalue weighted by atomic mass is 32.2. The molecular weight excluding hydrogens is 504 g/mol. The molecule has 4 rings (SSSR count). The lowest BCUT2D eigenvalue weighted by atomic mass is 10.2. The molecule has 192 valence electrons. The van der Waals surface area contributed by atoms with Gasteiger partial charge in [0, 0.05) is 32.8 Å². The Labute approximate surface area is 213 Å². The van der Waals surface area contributed by atoms with E-state index in [1.807, 2.05) is 16.7 Å². The molecule has 2 aromatic carbocycles. The third-order valence-electron chi connectivity index (χ3n) is 5.88. The summed E-state index contributed by atoms with van der Waals surface area (Å²) >= 11 is 1.30. The molecule has 36 heavy (non-hydrogen) atoms. The van der Waals surface area contributed by atoms with Crippen LogP contribution in [0.25, 0.3) is 10.2 Å². The summed E-state index contributed by atoms with van der Waals surface area (Å²) in [7, 11) is -0.786. The summed E-state index contributed by atoms with van der Waals surface area (Å²) < 4.78 is 40.9. The van der Waals surface area contributed by atoms with Crippen molar-refractivity contribution in [2.45, 2.75) is 37.2 Å². The van der Waals surface area contributed by atoms with Crippen LogP contribution in [0, 0.1) is 0 Å². The van der Waals surface area contributed by atoms with Gasteiger partial charge in [-0.1, -0.05) is 11.3 Å². The number of benzene rings is 2. The minimum absolute atomic E-state index is 0.102. The zero-order valence-electron chi connectivity index (χ0n) is 20.3. The Bertz CT molecular complexity index is 1440. The van der Waals surface area contributed by atoms with Crippen molar-refractivity contribution >= 4 is 49.1 Å². The molecule has 1 aliphatic heterocycles. The molecule has 1 aromatic heterocycles. The molecule has 0 aliphatic carbocycles. The monoisotopic (exact) mass is 532 g/mol. The molecule has 0 spiro atoms. The number of fused-ring (bicyclic) bond motifs is 1. The maximum Gasteiger partial charge on any atom is 0.266 e. The zero-order chi connectivity index (χ0) is 25.9. The Balaban J connectivity index is 1.69. The molecule has 0 bridgehead atoms. The fourth-order valence-corrected chi connectivity index (χ4v) is 6.92. The molecule has 1 atom stereocenters. The second kappa shape index (κ2) is 10.9. The smallest absolute Gasteiger partial charge is 0.266 e. The standard InChI is InChI=1S/C24H28N4O6S2/c1-16(29)25-17-6-11-20-22(15-17)35-24(27(20)13-14-33-2)26-23(30)21-5-4-12-28(21)36(31,32)19-9-7-18(34-3)8-10-19/h6-11,15,21H,4-5,12-14H2,1-3H3,(H,25,29). The van der Waals surface area contributed by atoms with Crippen LogP contribution in [-0.2, 0) is 30.9 Å². The maximum atomic E-state index is 13.3. The Morgan fingerprint density at radius 3 is 2.58 bits per heavy atom. The van der Waals surface area contributed by atoms with Gasteiger partial charge in [-0.3, -0.25) is 9.59 Å². The number of hydrogen-bond donors (Lipinski definition) is 1. The van der Waals surface area contributed by atoms with Crippen molar-refractivity contribution < 1.29 is 27.5 Å². The lowest BCUT2D eigenvalue weighted by molar-refractivity contribution is -0.121. The average Bonchev–Trinajstić information content (AvgIpc) is 3.47. The molecule has 1 saturated heterocycles. The van der Waals surface area contributed by atoms with Crippen LogP contribution in [0.5, 0.6) is 5.75 Å². The second-order valence-corrected chi connectivity index (χ2v) is 11.2. The first-order valence-corrected chi connectivity index (χ1v) is 13.6. The number of methoxy groups -OCH3 is 2. The van der Waals surface area contributed by atoms with E-state index in [1.54, 1.807) is 25.3 Å². The Kier molecular flexibility index (Phi) is 7.88. The van der Waals surface area contributed by atoms with Gasteiger partial charge in [0.05, 0.1) is 28.8 Å². The van der Waals surface area contributed by atoms with Crippen LogP contribution < -0.4 is 14.9 Å². The van der Waals surface area contributed by atoms with E-state index >= 15 is 0 Å². The van der Waals surface area contributed by atoms with E-state index in [9.17, 15) is 18.0 Å². The molecule has 1 fully saturated rings. The number of rotatable bonds is 8. The summed E-state index contributed by atoms with van der Waals surface area (Å²) in [5.74, 6) is -0.146. The Morgan fingerprint density at radius 1 is 1.17 bits per heavy atom.